The van der Waals surface area contributed by atoms with E-state index in [-0.39, 0.29) is 0 Å². The molecule has 0 spiro atoms. The predicted molar refractivity (Wildman–Crippen MR) is 111 cm³/mol. The molecule has 5 nitrogen and oxygen atoms in total. The van der Waals surface area contributed by atoms with Gasteiger partial charge in [0.2, 0.25) is 0 Å². The maximum Gasteiger partial charge on any atom is 0.101 e. The Morgan fingerprint density at radius 2 is 0.852 bits per heavy atom. The van der Waals surface area contributed by atoms with Crippen LogP contribution in [0.4, 0.5) is 0 Å². The van der Waals surface area contributed by atoms with Gasteiger partial charge in [0.1, 0.15) is 6.10 Å². The van der Waals surface area contributed by atoms with Crippen molar-refractivity contribution in [1.29, 1.82) is 0 Å². The Labute approximate surface area is 168 Å². The lowest BCUT2D eigenvalue weighted by atomic mass is 10.1. The fourth-order valence-electron chi connectivity index (χ4n) is 2.72. The van der Waals surface area contributed by atoms with E-state index in [1.807, 2.05) is 0 Å². The van der Waals surface area contributed by atoms with E-state index < -0.39 is 6.10 Å². The van der Waals surface area contributed by atoms with E-state index >= 15 is 0 Å². The second-order valence-electron chi connectivity index (χ2n) is 7.21. The maximum atomic E-state index is 9.79. The molecule has 0 heterocycles. The van der Waals surface area contributed by atoms with E-state index in [0.29, 0.717) is 39.6 Å². The molecule has 0 aliphatic rings. The number of unbranched alkanes of at least 4 members (excludes halogenated alkanes) is 9. The summed E-state index contributed by atoms with van der Waals surface area (Å²) in [6.07, 6.45) is 13.3. The molecule has 0 saturated heterocycles. The third-order valence-electron chi connectivity index (χ3n) is 4.40. The van der Waals surface area contributed by atoms with Crippen molar-refractivity contribution in [2.75, 3.05) is 52.9 Å². The summed E-state index contributed by atoms with van der Waals surface area (Å²) in [7, 11) is 0. The average molecular weight is 391 g/mol. The molecule has 0 aromatic carbocycles. The molecule has 0 aliphatic carbocycles. The number of aliphatic hydroxyl groups excluding tert-OH is 1. The summed E-state index contributed by atoms with van der Waals surface area (Å²) in [6.45, 7) is 8.92. The van der Waals surface area contributed by atoms with E-state index in [1.54, 1.807) is 0 Å². The van der Waals surface area contributed by atoms with Crippen LogP contribution in [-0.2, 0) is 18.9 Å². The molecule has 1 N–H and O–H groups in total. The van der Waals surface area contributed by atoms with E-state index in [1.165, 1.54) is 57.8 Å². The molecule has 0 bridgehead atoms. The van der Waals surface area contributed by atoms with Crippen LogP contribution >= 0.6 is 0 Å². The van der Waals surface area contributed by atoms with Gasteiger partial charge in [0.25, 0.3) is 0 Å². The molecule has 0 aromatic heterocycles. The van der Waals surface area contributed by atoms with E-state index in [2.05, 4.69) is 13.8 Å². The Morgan fingerprint density at radius 3 is 1.41 bits per heavy atom. The molecule has 27 heavy (non-hydrogen) atoms. The van der Waals surface area contributed by atoms with Crippen LogP contribution in [0.2, 0.25) is 0 Å². The van der Waals surface area contributed by atoms with Crippen LogP contribution < -0.4 is 0 Å². The Morgan fingerprint density at radius 1 is 0.481 bits per heavy atom. The average Bonchev–Trinajstić information content (AvgIpc) is 2.67. The monoisotopic (exact) mass is 390 g/mol. The largest absolute Gasteiger partial charge is 0.388 e. The molecule has 1 atom stereocenters. The van der Waals surface area contributed by atoms with Crippen LogP contribution in [-0.4, -0.2) is 64.1 Å². The van der Waals surface area contributed by atoms with Crippen LogP contribution in [0.5, 0.6) is 0 Å². The van der Waals surface area contributed by atoms with Gasteiger partial charge in [-0.05, 0) is 12.8 Å². The first-order chi connectivity index (χ1) is 13.3. The topological polar surface area (TPSA) is 57.2 Å². The Bertz CT molecular complexity index is 263. The Hall–Kier alpha value is -0.200. The standard InChI is InChI=1S/C22H46O5/c1-3-5-7-9-11-13-15-26-20-22(23)21-27-19-18-25-17-16-24-14-12-10-8-6-4-2/h22-23H,3-21H2,1-2H3/t22-/m0/s1. The minimum atomic E-state index is -0.555. The molecular weight excluding hydrogens is 344 g/mol. The van der Waals surface area contributed by atoms with Crippen molar-refractivity contribution >= 4 is 0 Å². The fraction of sp³-hybridized carbons (Fsp3) is 1.00. The Balaban J connectivity index is 3.11. The van der Waals surface area contributed by atoms with Gasteiger partial charge in [-0.3, -0.25) is 0 Å². The molecule has 0 fully saturated rings. The lowest BCUT2D eigenvalue weighted by Crippen LogP contribution is -2.23. The summed E-state index contributed by atoms with van der Waals surface area (Å²) < 4.78 is 21.9. The highest BCUT2D eigenvalue weighted by Crippen LogP contribution is 2.05. The normalized spacial score (nSPS) is 12.6. The lowest BCUT2D eigenvalue weighted by molar-refractivity contribution is -0.0369. The minimum Gasteiger partial charge on any atom is -0.388 e. The number of hydrogen-bond donors (Lipinski definition) is 1. The van der Waals surface area contributed by atoms with Gasteiger partial charge in [-0.2, -0.15) is 0 Å². The van der Waals surface area contributed by atoms with Crippen molar-refractivity contribution < 1.29 is 24.1 Å². The predicted octanol–water partition coefficient (Wildman–Crippen LogP) is 4.74. The van der Waals surface area contributed by atoms with Gasteiger partial charge in [0, 0.05) is 13.2 Å². The van der Waals surface area contributed by atoms with E-state index in [9.17, 15) is 5.11 Å². The summed E-state index contributed by atoms with van der Waals surface area (Å²) in [4.78, 5) is 0. The first-order valence-electron chi connectivity index (χ1n) is 11.3. The van der Waals surface area contributed by atoms with Crippen LogP contribution in [0.25, 0.3) is 0 Å². The summed E-state index contributed by atoms with van der Waals surface area (Å²) >= 11 is 0. The maximum absolute atomic E-state index is 9.79. The number of hydrogen-bond acceptors (Lipinski definition) is 5. The molecule has 164 valence electrons. The SMILES string of the molecule is CCCCCCCCOC[C@H](O)COCCOCCOCCCCCCC. The minimum absolute atomic E-state index is 0.300. The summed E-state index contributed by atoms with van der Waals surface area (Å²) in [5, 5.41) is 9.79. The molecular formula is C22H46O5. The number of ether oxygens (including phenoxy) is 4. The van der Waals surface area contributed by atoms with Gasteiger partial charge in [-0.25, -0.2) is 0 Å². The fourth-order valence-corrected chi connectivity index (χ4v) is 2.72. The summed E-state index contributed by atoms with van der Waals surface area (Å²) in [6, 6.07) is 0. The third-order valence-corrected chi connectivity index (χ3v) is 4.40. The Kier molecular flexibility index (Phi) is 23.7. The van der Waals surface area contributed by atoms with Gasteiger partial charge in [0.15, 0.2) is 0 Å². The van der Waals surface area contributed by atoms with Gasteiger partial charge in [-0.1, -0.05) is 71.6 Å². The number of rotatable bonds is 23. The lowest BCUT2D eigenvalue weighted by Gasteiger charge is -2.12. The highest BCUT2D eigenvalue weighted by atomic mass is 16.5. The first kappa shape index (κ1) is 26.8. The molecule has 0 aromatic rings. The second-order valence-corrected chi connectivity index (χ2v) is 7.21. The van der Waals surface area contributed by atoms with Crippen molar-refractivity contribution in [2.24, 2.45) is 0 Å². The zero-order valence-corrected chi connectivity index (χ0v) is 18.1. The molecule has 0 radical (unpaired) electrons. The van der Waals surface area contributed by atoms with Crippen molar-refractivity contribution in [2.45, 2.75) is 90.6 Å². The van der Waals surface area contributed by atoms with Crippen molar-refractivity contribution in [3.05, 3.63) is 0 Å². The second kappa shape index (κ2) is 23.8. The summed E-state index contributed by atoms with van der Waals surface area (Å²) in [5.41, 5.74) is 0. The van der Waals surface area contributed by atoms with Gasteiger partial charge < -0.3 is 24.1 Å². The van der Waals surface area contributed by atoms with Gasteiger partial charge in [-0.15, -0.1) is 0 Å². The van der Waals surface area contributed by atoms with E-state index in [0.717, 1.165) is 26.1 Å². The zero-order valence-electron chi connectivity index (χ0n) is 18.1. The molecule has 0 unspecified atom stereocenters. The van der Waals surface area contributed by atoms with Crippen molar-refractivity contribution in [3.8, 4) is 0 Å². The van der Waals surface area contributed by atoms with Crippen LogP contribution in [0.1, 0.15) is 84.5 Å². The zero-order chi connectivity index (χ0) is 19.8. The molecule has 0 amide bonds. The van der Waals surface area contributed by atoms with Crippen molar-refractivity contribution in [1.82, 2.24) is 0 Å². The first-order valence-corrected chi connectivity index (χ1v) is 11.3. The highest BCUT2D eigenvalue weighted by Gasteiger charge is 2.04. The number of aliphatic hydroxyl groups is 1. The molecule has 0 saturated carbocycles. The van der Waals surface area contributed by atoms with Gasteiger partial charge in [0.05, 0.1) is 39.6 Å². The molecule has 0 rings (SSSR count). The smallest absolute Gasteiger partial charge is 0.101 e. The van der Waals surface area contributed by atoms with Crippen LogP contribution in [0, 0.1) is 0 Å². The van der Waals surface area contributed by atoms with Crippen LogP contribution in [0.3, 0.4) is 0 Å². The molecule has 0 aliphatic heterocycles. The molecule has 5 heteroatoms. The van der Waals surface area contributed by atoms with E-state index in [4.69, 9.17) is 18.9 Å². The quantitative estimate of drug-likeness (QED) is 0.255. The van der Waals surface area contributed by atoms with Crippen LogP contribution in [0.15, 0.2) is 0 Å². The van der Waals surface area contributed by atoms with Crippen molar-refractivity contribution in [3.63, 3.8) is 0 Å². The third kappa shape index (κ3) is 23.8. The highest BCUT2D eigenvalue weighted by molar-refractivity contribution is 4.52. The van der Waals surface area contributed by atoms with Gasteiger partial charge >= 0.3 is 0 Å². The summed E-state index contributed by atoms with van der Waals surface area (Å²) in [5.74, 6) is 0.